The number of aromatic nitrogens is 3. The monoisotopic (exact) mass is 386 g/mol. The zero-order valence-electron chi connectivity index (χ0n) is 15.3. The predicted octanol–water partition coefficient (Wildman–Crippen LogP) is -1.55. The average molecular weight is 386 g/mol. The van der Waals surface area contributed by atoms with E-state index < -0.39 is 22.8 Å². The van der Waals surface area contributed by atoms with E-state index in [1.54, 1.807) is 4.90 Å². The molecule has 2 aliphatic heterocycles. The van der Waals surface area contributed by atoms with Crippen LogP contribution in [0.15, 0.2) is 21.9 Å². The molecular formula is C17H18N6O5. The maximum absolute atomic E-state index is 12.9. The Morgan fingerprint density at radius 1 is 1.11 bits per heavy atom. The van der Waals surface area contributed by atoms with E-state index in [1.165, 1.54) is 30.9 Å². The first-order valence-electron chi connectivity index (χ1n) is 8.72. The molecule has 2 fully saturated rings. The zero-order chi connectivity index (χ0) is 20.2. The molecule has 4 amide bonds. The lowest BCUT2D eigenvalue weighted by atomic mass is 9.87. The maximum Gasteiger partial charge on any atom is 0.332 e. The van der Waals surface area contributed by atoms with Crippen LogP contribution in [0.4, 0.5) is 4.79 Å². The lowest BCUT2D eigenvalue weighted by molar-refractivity contribution is -0.125. The van der Waals surface area contributed by atoms with Crippen molar-refractivity contribution in [1.82, 2.24) is 29.7 Å². The van der Waals surface area contributed by atoms with Crippen molar-refractivity contribution >= 4 is 28.9 Å². The van der Waals surface area contributed by atoms with E-state index >= 15 is 0 Å². The summed E-state index contributed by atoms with van der Waals surface area (Å²) in [7, 11) is 2.87. The first-order chi connectivity index (χ1) is 13.2. The summed E-state index contributed by atoms with van der Waals surface area (Å²) in [6, 6.07) is 0.908. The Balaban J connectivity index is 1.62. The van der Waals surface area contributed by atoms with Crippen LogP contribution < -0.4 is 21.9 Å². The summed E-state index contributed by atoms with van der Waals surface area (Å²) < 4.78 is 2.21. The predicted molar refractivity (Wildman–Crippen MR) is 96.8 cm³/mol. The standard InChI is InChI=1S/C17H18N6O5/c1-21-11-10(13(25)22(2)16(21)28)7-9(8-18-11)12(24)23-5-3-17(4-6-23)14(26)19-15(27)20-17/h7-8H,3-6H2,1-2H3,(H2,19,20,26,27). The molecule has 0 radical (unpaired) electrons. The smallest absolute Gasteiger partial charge is 0.332 e. The Labute approximate surface area is 157 Å². The van der Waals surface area contributed by atoms with Crippen molar-refractivity contribution in [2.75, 3.05) is 13.1 Å². The van der Waals surface area contributed by atoms with E-state index in [1.807, 2.05) is 0 Å². The molecule has 11 nitrogen and oxygen atoms in total. The number of rotatable bonds is 1. The van der Waals surface area contributed by atoms with Gasteiger partial charge in [0, 0.05) is 33.4 Å². The van der Waals surface area contributed by atoms with Crippen LogP contribution >= 0.6 is 0 Å². The maximum atomic E-state index is 12.9. The zero-order valence-corrected chi connectivity index (χ0v) is 15.3. The number of aryl methyl sites for hydroxylation is 1. The van der Waals surface area contributed by atoms with E-state index in [4.69, 9.17) is 0 Å². The summed E-state index contributed by atoms with van der Waals surface area (Å²) in [6.07, 6.45) is 1.93. The summed E-state index contributed by atoms with van der Waals surface area (Å²) >= 11 is 0. The van der Waals surface area contributed by atoms with Crippen LogP contribution in [0.1, 0.15) is 23.2 Å². The molecule has 4 heterocycles. The molecule has 0 atom stereocenters. The number of hydrogen-bond acceptors (Lipinski definition) is 6. The minimum absolute atomic E-state index is 0.173. The molecule has 4 rings (SSSR count). The molecule has 2 aliphatic rings. The van der Waals surface area contributed by atoms with Gasteiger partial charge in [-0.05, 0) is 18.9 Å². The van der Waals surface area contributed by atoms with Gasteiger partial charge >= 0.3 is 11.7 Å². The molecule has 0 saturated carbocycles. The number of nitrogens with one attached hydrogen (secondary N) is 2. The number of urea groups is 1. The van der Waals surface area contributed by atoms with Crippen LogP contribution in [-0.4, -0.2) is 55.5 Å². The van der Waals surface area contributed by atoms with E-state index in [9.17, 15) is 24.0 Å². The molecule has 146 valence electrons. The van der Waals surface area contributed by atoms with Gasteiger partial charge in [-0.15, -0.1) is 0 Å². The molecule has 28 heavy (non-hydrogen) atoms. The Morgan fingerprint density at radius 3 is 2.39 bits per heavy atom. The molecule has 2 aromatic heterocycles. The molecule has 0 unspecified atom stereocenters. The number of hydrogen-bond donors (Lipinski definition) is 2. The van der Waals surface area contributed by atoms with Crippen molar-refractivity contribution in [3.63, 3.8) is 0 Å². The Bertz CT molecular complexity index is 1160. The highest BCUT2D eigenvalue weighted by Gasteiger charge is 2.48. The van der Waals surface area contributed by atoms with Crippen LogP contribution in [0, 0.1) is 0 Å². The third-order valence-electron chi connectivity index (χ3n) is 5.46. The van der Waals surface area contributed by atoms with Crippen molar-refractivity contribution in [2.45, 2.75) is 18.4 Å². The van der Waals surface area contributed by atoms with Crippen molar-refractivity contribution in [1.29, 1.82) is 0 Å². The van der Waals surface area contributed by atoms with Gasteiger partial charge in [-0.3, -0.25) is 28.8 Å². The normalized spacial score (nSPS) is 18.4. The fourth-order valence-electron chi connectivity index (χ4n) is 3.74. The number of imide groups is 1. The van der Waals surface area contributed by atoms with Crippen molar-refractivity contribution in [2.24, 2.45) is 14.1 Å². The SMILES string of the molecule is Cn1c(=O)c2cc(C(=O)N3CCC4(CC3)NC(=O)NC4=O)cnc2n(C)c1=O. The Morgan fingerprint density at radius 2 is 1.79 bits per heavy atom. The van der Waals surface area contributed by atoms with Crippen LogP contribution in [0.5, 0.6) is 0 Å². The fraction of sp³-hybridized carbons (Fsp3) is 0.412. The summed E-state index contributed by atoms with van der Waals surface area (Å²) in [6.45, 7) is 0.547. The molecular weight excluding hydrogens is 368 g/mol. The summed E-state index contributed by atoms with van der Waals surface area (Å²) in [5.41, 5.74) is -1.57. The van der Waals surface area contributed by atoms with Crippen molar-refractivity contribution in [3.8, 4) is 0 Å². The van der Waals surface area contributed by atoms with Gasteiger partial charge in [-0.25, -0.2) is 14.6 Å². The number of fused-ring (bicyclic) bond motifs is 1. The van der Waals surface area contributed by atoms with Gasteiger partial charge in [0.25, 0.3) is 17.4 Å². The minimum Gasteiger partial charge on any atom is -0.338 e. The Hall–Kier alpha value is -3.50. The van der Waals surface area contributed by atoms with Gasteiger partial charge < -0.3 is 10.2 Å². The molecule has 2 N–H and O–H groups in total. The fourth-order valence-corrected chi connectivity index (χ4v) is 3.74. The average Bonchev–Trinajstić information content (AvgIpc) is 2.97. The number of likely N-dealkylation sites (tertiary alicyclic amines) is 1. The number of pyridine rings is 1. The quantitative estimate of drug-likeness (QED) is 0.570. The van der Waals surface area contributed by atoms with Crippen molar-refractivity contribution < 1.29 is 14.4 Å². The summed E-state index contributed by atoms with van der Waals surface area (Å²) in [5.74, 6) is -0.703. The number of nitrogens with zero attached hydrogens (tertiary/aromatic N) is 4. The first kappa shape index (κ1) is 17.9. The number of amides is 4. The van der Waals surface area contributed by atoms with E-state index in [2.05, 4.69) is 15.6 Å². The molecule has 0 bridgehead atoms. The molecule has 2 aromatic rings. The summed E-state index contributed by atoms with van der Waals surface area (Å²) in [5, 5.41) is 5.04. The molecule has 1 spiro atoms. The second-order valence-corrected chi connectivity index (χ2v) is 7.08. The van der Waals surface area contributed by atoms with E-state index in [0.29, 0.717) is 12.8 Å². The van der Waals surface area contributed by atoms with Crippen LogP contribution in [0.2, 0.25) is 0 Å². The van der Waals surface area contributed by atoms with Gasteiger partial charge in [0.1, 0.15) is 11.2 Å². The van der Waals surface area contributed by atoms with Gasteiger partial charge in [-0.2, -0.15) is 0 Å². The third-order valence-corrected chi connectivity index (χ3v) is 5.46. The molecule has 0 aliphatic carbocycles. The topological polar surface area (TPSA) is 135 Å². The van der Waals surface area contributed by atoms with Gasteiger partial charge in [0.2, 0.25) is 0 Å². The second-order valence-electron chi connectivity index (χ2n) is 7.08. The summed E-state index contributed by atoms with van der Waals surface area (Å²) in [4.78, 5) is 66.3. The van der Waals surface area contributed by atoms with Gasteiger partial charge in [0.05, 0.1) is 10.9 Å². The lowest BCUT2D eigenvalue weighted by Crippen LogP contribution is -2.55. The van der Waals surface area contributed by atoms with Gasteiger partial charge in [0.15, 0.2) is 0 Å². The third kappa shape index (κ3) is 2.50. The van der Waals surface area contributed by atoms with Crippen LogP contribution in [0.3, 0.4) is 0 Å². The minimum atomic E-state index is -0.969. The first-order valence-corrected chi connectivity index (χ1v) is 8.72. The molecule has 2 saturated heterocycles. The molecule has 0 aromatic carbocycles. The van der Waals surface area contributed by atoms with Crippen LogP contribution in [0.25, 0.3) is 11.0 Å². The number of carbonyl (C=O) groups excluding carboxylic acids is 3. The van der Waals surface area contributed by atoms with Crippen LogP contribution in [-0.2, 0) is 18.9 Å². The second kappa shape index (κ2) is 6.01. The van der Waals surface area contributed by atoms with Gasteiger partial charge in [-0.1, -0.05) is 0 Å². The highest BCUT2D eigenvalue weighted by molar-refractivity contribution is 6.07. The lowest BCUT2D eigenvalue weighted by Gasteiger charge is -2.36. The van der Waals surface area contributed by atoms with Crippen molar-refractivity contribution in [3.05, 3.63) is 38.7 Å². The number of carbonyl (C=O) groups is 3. The van der Waals surface area contributed by atoms with E-state index in [0.717, 1.165) is 4.57 Å². The number of piperidine rings is 1. The highest BCUT2D eigenvalue weighted by Crippen LogP contribution is 2.26. The Kier molecular flexibility index (Phi) is 3.84. The highest BCUT2D eigenvalue weighted by atomic mass is 16.2. The largest absolute Gasteiger partial charge is 0.338 e. The molecule has 11 heteroatoms. The van der Waals surface area contributed by atoms with E-state index in [-0.39, 0.29) is 41.5 Å².